The van der Waals surface area contributed by atoms with Gasteiger partial charge in [-0.1, -0.05) is 25.3 Å². The van der Waals surface area contributed by atoms with Crippen LogP contribution < -0.4 is 5.32 Å². The van der Waals surface area contributed by atoms with Crippen molar-refractivity contribution in [1.29, 1.82) is 0 Å². The molecule has 1 N–H and O–H groups in total. The lowest BCUT2D eigenvalue weighted by Crippen LogP contribution is -2.40. The maximum Gasteiger partial charge on any atom is 0.254 e. The lowest BCUT2D eigenvalue weighted by Gasteiger charge is -2.27. The first kappa shape index (κ1) is 14.4. The number of benzene rings is 1. The third-order valence-electron chi connectivity index (χ3n) is 4.38. The van der Waals surface area contributed by atoms with Gasteiger partial charge in [-0.2, -0.15) is 0 Å². The topological polar surface area (TPSA) is 41.6 Å². The molecule has 0 spiro atoms. The molecule has 1 aromatic carbocycles. The van der Waals surface area contributed by atoms with E-state index in [0.717, 1.165) is 11.3 Å². The summed E-state index contributed by atoms with van der Waals surface area (Å²) >= 11 is 0. The first-order valence-electron chi connectivity index (χ1n) is 8.06. The van der Waals surface area contributed by atoms with Gasteiger partial charge in [0, 0.05) is 30.4 Å². The summed E-state index contributed by atoms with van der Waals surface area (Å²) in [4.78, 5) is 14.4. The van der Waals surface area contributed by atoms with Crippen molar-refractivity contribution in [3.05, 3.63) is 29.8 Å². The van der Waals surface area contributed by atoms with Crippen LogP contribution in [0.4, 0.5) is 5.69 Å². The molecule has 0 aromatic heterocycles. The summed E-state index contributed by atoms with van der Waals surface area (Å²) < 4.78 is 5.30. The number of rotatable bonds is 3. The summed E-state index contributed by atoms with van der Waals surface area (Å²) in [5.41, 5.74) is 1.85. The fourth-order valence-electron chi connectivity index (χ4n) is 3.17. The molecule has 2 fully saturated rings. The van der Waals surface area contributed by atoms with Crippen molar-refractivity contribution >= 4 is 11.6 Å². The van der Waals surface area contributed by atoms with E-state index in [2.05, 4.69) is 11.4 Å². The molecule has 1 amide bonds. The fraction of sp³-hybridized carbons (Fsp3) is 0.588. The van der Waals surface area contributed by atoms with Gasteiger partial charge in [0.05, 0.1) is 13.2 Å². The minimum absolute atomic E-state index is 0.116. The molecule has 21 heavy (non-hydrogen) atoms. The average molecular weight is 288 g/mol. The SMILES string of the molecule is O=C(c1cccc(NC2CCCCC2)c1)N1CCOCC1. The molecule has 114 valence electrons. The first-order chi connectivity index (χ1) is 10.3. The van der Waals surface area contributed by atoms with Gasteiger partial charge < -0.3 is 15.0 Å². The Morgan fingerprint density at radius 1 is 1.14 bits per heavy atom. The third kappa shape index (κ3) is 3.76. The van der Waals surface area contributed by atoms with E-state index in [4.69, 9.17) is 4.74 Å². The predicted octanol–water partition coefficient (Wildman–Crippen LogP) is 2.90. The zero-order valence-corrected chi connectivity index (χ0v) is 12.5. The Bertz CT molecular complexity index is 477. The largest absolute Gasteiger partial charge is 0.382 e. The summed E-state index contributed by atoms with van der Waals surface area (Å²) in [5.74, 6) is 0.116. The molecule has 1 saturated carbocycles. The van der Waals surface area contributed by atoms with Gasteiger partial charge in [0.1, 0.15) is 0 Å². The molecule has 1 aliphatic carbocycles. The number of morpholine rings is 1. The fourth-order valence-corrected chi connectivity index (χ4v) is 3.17. The van der Waals surface area contributed by atoms with Crippen LogP contribution in [0.25, 0.3) is 0 Å². The zero-order valence-electron chi connectivity index (χ0n) is 12.5. The van der Waals surface area contributed by atoms with Crippen molar-refractivity contribution in [2.45, 2.75) is 38.1 Å². The van der Waals surface area contributed by atoms with E-state index in [1.54, 1.807) is 0 Å². The smallest absolute Gasteiger partial charge is 0.254 e. The molecule has 1 heterocycles. The van der Waals surface area contributed by atoms with Crippen molar-refractivity contribution in [3.8, 4) is 0 Å². The normalized spacial score (nSPS) is 20.3. The molecule has 0 bridgehead atoms. The van der Waals surface area contributed by atoms with E-state index < -0.39 is 0 Å². The lowest BCUT2D eigenvalue weighted by atomic mass is 9.95. The van der Waals surface area contributed by atoms with Crippen LogP contribution in [0, 0.1) is 0 Å². The minimum Gasteiger partial charge on any atom is -0.382 e. The van der Waals surface area contributed by atoms with E-state index in [-0.39, 0.29) is 5.91 Å². The second-order valence-corrected chi connectivity index (χ2v) is 5.96. The van der Waals surface area contributed by atoms with Gasteiger partial charge in [0.15, 0.2) is 0 Å². The Morgan fingerprint density at radius 2 is 1.90 bits per heavy atom. The Kier molecular flexibility index (Phi) is 4.76. The summed E-state index contributed by atoms with van der Waals surface area (Å²) in [6.07, 6.45) is 6.45. The van der Waals surface area contributed by atoms with Crippen LogP contribution in [0.2, 0.25) is 0 Å². The molecule has 3 rings (SSSR count). The first-order valence-corrected chi connectivity index (χ1v) is 8.06. The zero-order chi connectivity index (χ0) is 14.5. The number of hydrogen-bond donors (Lipinski definition) is 1. The van der Waals surface area contributed by atoms with Gasteiger partial charge in [-0.3, -0.25) is 4.79 Å². The lowest BCUT2D eigenvalue weighted by molar-refractivity contribution is 0.0303. The number of nitrogens with one attached hydrogen (secondary N) is 1. The molecule has 4 heteroatoms. The predicted molar refractivity (Wildman–Crippen MR) is 83.7 cm³/mol. The quantitative estimate of drug-likeness (QED) is 0.930. The number of nitrogens with zero attached hydrogens (tertiary/aromatic N) is 1. The molecule has 0 atom stereocenters. The number of carbonyl (C=O) groups is 1. The van der Waals surface area contributed by atoms with E-state index in [9.17, 15) is 4.79 Å². The highest BCUT2D eigenvalue weighted by atomic mass is 16.5. The average Bonchev–Trinajstić information content (AvgIpc) is 2.56. The van der Waals surface area contributed by atoms with Gasteiger partial charge >= 0.3 is 0 Å². The maximum atomic E-state index is 12.5. The molecule has 1 saturated heterocycles. The van der Waals surface area contributed by atoms with Crippen LogP contribution in [0.3, 0.4) is 0 Å². The Balaban J connectivity index is 1.65. The number of ether oxygens (including phenoxy) is 1. The molecule has 1 aromatic rings. The van der Waals surface area contributed by atoms with Gasteiger partial charge in [-0.25, -0.2) is 0 Å². The van der Waals surface area contributed by atoms with Crippen LogP contribution in [-0.2, 0) is 4.74 Å². The molecule has 4 nitrogen and oxygen atoms in total. The Morgan fingerprint density at radius 3 is 2.67 bits per heavy atom. The van der Waals surface area contributed by atoms with Crippen molar-refractivity contribution in [2.75, 3.05) is 31.6 Å². The van der Waals surface area contributed by atoms with Gasteiger partial charge in [-0.15, -0.1) is 0 Å². The molecule has 0 unspecified atom stereocenters. The van der Waals surface area contributed by atoms with Crippen molar-refractivity contribution in [3.63, 3.8) is 0 Å². The van der Waals surface area contributed by atoms with Crippen molar-refractivity contribution < 1.29 is 9.53 Å². The van der Waals surface area contributed by atoms with Crippen LogP contribution in [0.1, 0.15) is 42.5 Å². The Hall–Kier alpha value is -1.55. The van der Waals surface area contributed by atoms with Crippen LogP contribution >= 0.6 is 0 Å². The summed E-state index contributed by atoms with van der Waals surface area (Å²) in [6, 6.07) is 8.49. The van der Waals surface area contributed by atoms with Gasteiger partial charge in [0.25, 0.3) is 5.91 Å². The monoisotopic (exact) mass is 288 g/mol. The van der Waals surface area contributed by atoms with Crippen LogP contribution in [-0.4, -0.2) is 43.2 Å². The second kappa shape index (κ2) is 6.94. The standard InChI is InChI=1S/C17H24N2O2/c20-17(19-9-11-21-12-10-19)14-5-4-8-16(13-14)18-15-6-2-1-3-7-15/h4-5,8,13,15,18H,1-3,6-7,9-12H2. The number of anilines is 1. The summed E-state index contributed by atoms with van der Waals surface area (Å²) in [5, 5.41) is 3.58. The van der Waals surface area contributed by atoms with E-state index in [1.807, 2.05) is 23.1 Å². The van der Waals surface area contributed by atoms with E-state index in [0.29, 0.717) is 32.3 Å². The number of amides is 1. The second-order valence-electron chi connectivity index (χ2n) is 5.96. The molecule has 0 radical (unpaired) electrons. The highest BCUT2D eigenvalue weighted by Crippen LogP contribution is 2.22. The van der Waals surface area contributed by atoms with Crippen LogP contribution in [0.15, 0.2) is 24.3 Å². The van der Waals surface area contributed by atoms with Gasteiger partial charge in [-0.05, 0) is 31.0 Å². The molecular formula is C17H24N2O2. The number of hydrogen-bond acceptors (Lipinski definition) is 3. The van der Waals surface area contributed by atoms with Gasteiger partial charge in [0.2, 0.25) is 0 Å². The maximum absolute atomic E-state index is 12.5. The minimum atomic E-state index is 0.116. The van der Waals surface area contributed by atoms with Crippen molar-refractivity contribution in [1.82, 2.24) is 4.90 Å². The molecule has 1 aliphatic heterocycles. The Labute approximate surface area is 126 Å². The number of carbonyl (C=O) groups excluding carboxylic acids is 1. The van der Waals surface area contributed by atoms with Crippen LogP contribution in [0.5, 0.6) is 0 Å². The van der Waals surface area contributed by atoms with E-state index in [1.165, 1.54) is 32.1 Å². The summed E-state index contributed by atoms with van der Waals surface area (Å²) in [7, 11) is 0. The molecule has 2 aliphatic rings. The third-order valence-corrected chi connectivity index (χ3v) is 4.38. The summed E-state index contributed by atoms with van der Waals surface area (Å²) in [6.45, 7) is 2.68. The molecular weight excluding hydrogens is 264 g/mol. The van der Waals surface area contributed by atoms with Crippen molar-refractivity contribution in [2.24, 2.45) is 0 Å². The highest BCUT2D eigenvalue weighted by molar-refractivity contribution is 5.95. The highest BCUT2D eigenvalue weighted by Gasteiger charge is 2.19. The van der Waals surface area contributed by atoms with E-state index >= 15 is 0 Å².